The SMILES string of the molecule is O=C(Cc1ccc(F)cc1Oc1ccccc1)c1ccccc1. The van der Waals surface area contributed by atoms with Crippen LogP contribution in [0, 0.1) is 5.82 Å². The van der Waals surface area contributed by atoms with E-state index in [2.05, 4.69) is 0 Å². The van der Waals surface area contributed by atoms with E-state index >= 15 is 0 Å². The standard InChI is InChI=1S/C20H15FO2/c21-17-12-11-16(13-19(22)15-7-3-1-4-8-15)20(14-17)23-18-9-5-2-6-10-18/h1-12,14H,13H2. The van der Waals surface area contributed by atoms with E-state index in [4.69, 9.17) is 4.74 Å². The lowest BCUT2D eigenvalue weighted by Crippen LogP contribution is -2.05. The van der Waals surface area contributed by atoms with Crippen LogP contribution in [0.3, 0.4) is 0 Å². The lowest BCUT2D eigenvalue weighted by Gasteiger charge is -2.11. The third-order valence-corrected chi connectivity index (χ3v) is 3.45. The molecule has 0 aromatic heterocycles. The van der Waals surface area contributed by atoms with Crippen LogP contribution in [0.5, 0.6) is 11.5 Å². The molecular formula is C20H15FO2. The minimum absolute atomic E-state index is 0.0323. The van der Waals surface area contributed by atoms with Crippen molar-refractivity contribution in [3.8, 4) is 11.5 Å². The molecule has 0 aliphatic rings. The zero-order chi connectivity index (χ0) is 16.1. The van der Waals surface area contributed by atoms with Gasteiger partial charge in [0.2, 0.25) is 0 Å². The number of para-hydroxylation sites is 1. The Kier molecular flexibility index (Phi) is 4.48. The van der Waals surface area contributed by atoms with E-state index in [-0.39, 0.29) is 12.2 Å². The Morgan fingerprint density at radius 1 is 0.870 bits per heavy atom. The molecule has 0 N–H and O–H groups in total. The molecule has 0 radical (unpaired) electrons. The monoisotopic (exact) mass is 306 g/mol. The highest BCUT2D eigenvalue weighted by Gasteiger charge is 2.12. The average Bonchev–Trinajstić information content (AvgIpc) is 2.59. The summed E-state index contributed by atoms with van der Waals surface area (Å²) in [4.78, 5) is 12.4. The number of rotatable bonds is 5. The lowest BCUT2D eigenvalue weighted by atomic mass is 10.0. The zero-order valence-electron chi connectivity index (χ0n) is 12.4. The Morgan fingerprint density at radius 2 is 1.52 bits per heavy atom. The Morgan fingerprint density at radius 3 is 2.22 bits per heavy atom. The molecule has 0 aliphatic carbocycles. The Hall–Kier alpha value is -2.94. The maximum atomic E-state index is 13.5. The van der Waals surface area contributed by atoms with Gasteiger partial charge in [-0.05, 0) is 18.2 Å². The molecule has 0 saturated carbocycles. The molecule has 0 unspecified atom stereocenters. The van der Waals surface area contributed by atoms with Crippen LogP contribution in [0.2, 0.25) is 0 Å². The van der Waals surface area contributed by atoms with Gasteiger partial charge in [0.05, 0.1) is 0 Å². The summed E-state index contributed by atoms with van der Waals surface area (Å²) in [6.45, 7) is 0. The molecule has 114 valence electrons. The molecular weight excluding hydrogens is 291 g/mol. The normalized spacial score (nSPS) is 10.3. The van der Waals surface area contributed by atoms with E-state index in [0.29, 0.717) is 22.6 Å². The van der Waals surface area contributed by atoms with Gasteiger partial charge in [0.1, 0.15) is 17.3 Å². The smallest absolute Gasteiger partial charge is 0.167 e. The minimum atomic E-state index is -0.396. The van der Waals surface area contributed by atoms with Crippen LogP contribution in [0.25, 0.3) is 0 Å². The first-order valence-corrected chi connectivity index (χ1v) is 7.32. The van der Waals surface area contributed by atoms with Crippen LogP contribution in [0.4, 0.5) is 4.39 Å². The summed E-state index contributed by atoms with van der Waals surface area (Å²) >= 11 is 0. The number of hydrogen-bond acceptors (Lipinski definition) is 2. The van der Waals surface area contributed by atoms with Crippen LogP contribution in [-0.2, 0) is 6.42 Å². The van der Waals surface area contributed by atoms with Gasteiger partial charge < -0.3 is 4.74 Å². The predicted octanol–water partition coefficient (Wildman–Crippen LogP) is 5.04. The number of Topliss-reactive ketones (excluding diaryl/α,β-unsaturated/α-hetero) is 1. The molecule has 2 nitrogen and oxygen atoms in total. The van der Waals surface area contributed by atoms with Crippen molar-refractivity contribution in [2.24, 2.45) is 0 Å². The first-order valence-electron chi connectivity index (χ1n) is 7.32. The molecule has 0 spiro atoms. The molecule has 0 bridgehead atoms. The van der Waals surface area contributed by atoms with Crippen LogP contribution in [-0.4, -0.2) is 5.78 Å². The second-order valence-electron chi connectivity index (χ2n) is 5.13. The number of ether oxygens (including phenoxy) is 1. The summed E-state index contributed by atoms with van der Waals surface area (Å²) < 4.78 is 19.3. The number of halogens is 1. The number of hydrogen-bond donors (Lipinski definition) is 0. The van der Waals surface area contributed by atoms with Crippen molar-refractivity contribution in [1.29, 1.82) is 0 Å². The summed E-state index contributed by atoms with van der Waals surface area (Å²) in [5, 5.41) is 0. The first kappa shape index (κ1) is 15.0. The zero-order valence-corrected chi connectivity index (χ0v) is 12.4. The van der Waals surface area contributed by atoms with Crippen LogP contribution >= 0.6 is 0 Å². The Balaban J connectivity index is 1.86. The number of benzene rings is 3. The van der Waals surface area contributed by atoms with E-state index in [1.54, 1.807) is 30.3 Å². The van der Waals surface area contributed by atoms with Gasteiger partial charge in [-0.15, -0.1) is 0 Å². The van der Waals surface area contributed by atoms with Crippen molar-refractivity contribution in [2.45, 2.75) is 6.42 Å². The maximum Gasteiger partial charge on any atom is 0.167 e. The highest BCUT2D eigenvalue weighted by atomic mass is 19.1. The summed E-state index contributed by atoms with van der Waals surface area (Å²) in [6, 6.07) is 22.4. The van der Waals surface area contributed by atoms with Crippen molar-refractivity contribution < 1.29 is 13.9 Å². The third-order valence-electron chi connectivity index (χ3n) is 3.45. The van der Waals surface area contributed by atoms with Crippen molar-refractivity contribution in [3.05, 3.63) is 95.8 Å². The van der Waals surface area contributed by atoms with Gasteiger partial charge in [-0.25, -0.2) is 4.39 Å². The topological polar surface area (TPSA) is 26.3 Å². The van der Waals surface area contributed by atoms with Crippen molar-refractivity contribution in [2.75, 3.05) is 0 Å². The number of carbonyl (C=O) groups excluding carboxylic acids is 1. The van der Waals surface area contributed by atoms with Crippen molar-refractivity contribution in [3.63, 3.8) is 0 Å². The molecule has 3 aromatic rings. The highest BCUT2D eigenvalue weighted by molar-refractivity contribution is 5.97. The quantitative estimate of drug-likeness (QED) is 0.617. The van der Waals surface area contributed by atoms with Gasteiger partial charge in [-0.2, -0.15) is 0 Å². The van der Waals surface area contributed by atoms with Gasteiger partial charge in [-0.3, -0.25) is 4.79 Å². The van der Waals surface area contributed by atoms with Gasteiger partial charge in [0, 0.05) is 23.6 Å². The van der Waals surface area contributed by atoms with E-state index < -0.39 is 5.82 Å². The third kappa shape index (κ3) is 3.83. The van der Waals surface area contributed by atoms with E-state index in [1.165, 1.54) is 12.1 Å². The molecule has 3 aromatic carbocycles. The molecule has 23 heavy (non-hydrogen) atoms. The summed E-state index contributed by atoms with van der Waals surface area (Å²) in [5.74, 6) is 0.536. The van der Waals surface area contributed by atoms with Crippen LogP contribution < -0.4 is 4.74 Å². The van der Waals surface area contributed by atoms with Crippen molar-refractivity contribution in [1.82, 2.24) is 0 Å². The summed E-state index contributed by atoms with van der Waals surface area (Å²) in [5.41, 5.74) is 1.28. The molecule has 0 aliphatic heterocycles. The fourth-order valence-electron chi connectivity index (χ4n) is 2.28. The molecule has 3 heteroatoms. The number of carbonyl (C=O) groups is 1. The molecule has 0 atom stereocenters. The Bertz CT molecular complexity index is 798. The van der Waals surface area contributed by atoms with E-state index in [0.717, 1.165) is 0 Å². The molecule has 0 saturated heterocycles. The second-order valence-corrected chi connectivity index (χ2v) is 5.13. The summed E-state index contributed by atoms with van der Waals surface area (Å²) in [7, 11) is 0. The molecule has 0 amide bonds. The summed E-state index contributed by atoms with van der Waals surface area (Å²) in [6.07, 6.45) is 0.159. The maximum absolute atomic E-state index is 13.5. The molecule has 3 rings (SSSR count). The minimum Gasteiger partial charge on any atom is -0.457 e. The van der Waals surface area contributed by atoms with Gasteiger partial charge in [0.25, 0.3) is 0 Å². The molecule has 0 fully saturated rings. The highest BCUT2D eigenvalue weighted by Crippen LogP contribution is 2.27. The average molecular weight is 306 g/mol. The van der Waals surface area contributed by atoms with Crippen molar-refractivity contribution >= 4 is 5.78 Å². The fourth-order valence-corrected chi connectivity index (χ4v) is 2.28. The number of ketones is 1. The molecule has 0 heterocycles. The fraction of sp³-hybridized carbons (Fsp3) is 0.0500. The van der Waals surface area contributed by atoms with Gasteiger partial charge >= 0.3 is 0 Å². The predicted molar refractivity (Wildman–Crippen MR) is 87.4 cm³/mol. The second kappa shape index (κ2) is 6.88. The van der Waals surface area contributed by atoms with Crippen LogP contribution in [0.15, 0.2) is 78.9 Å². The van der Waals surface area contributed by atoms with Gasteiger partial charge in [0.15, 0.2) is 5.78 Å². The van der Waals surface area contributed by atoms with Crippen LogP contribution in [0.1, 0.15) is 15.9 Å². The van der Waals surface area contributed by atoms with E-state index in [9.17, 15) is 9.18 Å². The largest absolute Gasteiger partial charge is 0.457 e. The van der Waals surface area contributed by atoms with Gasteiger partial charge in [-0.1, -0.05) is 54.6 Å². The Labute approximate surface area is 134 Å². The first-order chi connectivity index (χ1) is 11.2. The lowest BCUT2D eigenvalue weighted by molar-refractivity contribution is 0.0992. The van der Waals surface area contributed by atoms with E-state index in [1.807, 2.05) is 36.4 Å².